The number of hydrogen-bond acceptors (Lipinski definition) is 2. The number of nitrogens with zero attached hydrogens (tertiary/aromatic N) is 2. The molecule has 2 aromatic rings. The van der Waals surface area contributed by atoms with Crippen molar-refractivity contribution in [3.05, 3.63) is 59.7 Å². The summed E-state index contributed by atoms with van der Waals surface area (Å²) in [5, 5.41) is 6.39. The number of anilines is 2. The molecule has 0 aliphatic carbocycles. The molecular formula is C20H23IN4O. The van der Waals surface area contributed by atoms with Gasteiger partial charge in [0, 0.05) is 31.5 Å². The summed E-state index contributed by atoms with van der Waals surface area (Å²) in [6.45, 7) is 1.64. The van der Waals surface area contributed by atoms with Gasteiger partial charge < -0.3 is 15.5 Å². The molecule has 0 spiro atoms. The largest absolute Gasteiger partial charge is 0.356 e. The Morgan fingerprint density at radius 2 is 2.00 bits per heavy atom. The second kappa shape index (κ2) is 8.07. The van der Waals surface area contributed by atoms with E-state index >= 15 is 0 Å². The molecule has 0 fully saturated rings. The van der Waals surface area contributed by atoms with Crippen LogP contribution in [0.4, 0.5) is 11.4 Å². The molecule has 0 saturated heterocycles. The quantitative estimate of drug-likeness (QED) is 0.418. The van der Waals surface area contributed by atoms with Gasteiger partial charge in [-0.15, -0.1) is 24.0 Å². The molecule has 0 bridgehead atoms. The van der Waals surface area contributed by atoms with Crippen LogP contribution in [0.25, 0.3) is 0 Å². The van der Waals surface area contributed by atoms with Gasteiger partial charge in [0.05, 0.1) is 5.92 Å². The number of guanidine groups is 1. The fourth-order valence-electron chi connectivity index (χ4n) is 3.74. The van der Waals surface area contributed by atoms with Gasteiger partial charge in [-0.25, -0.2) is 0 Å². The predicted molar refractivity (Wildman–Crippen MR) is 117 cm³/mol. The SMILES string of the molecule is CN=C(NCCC1C(=O)Nc2ccccc21)N1CCc2ccccc21.I. The van der Waals surface area contributed by atoms with Crippen LogP contribution >= 0.6 is 24.0 Å². The topological polar surface area (TPSA) is 56.7 Å². The van der Waals surface area contributed by atoms with Crippen LogP contribution in [0, 0.1) is 0 Å². The lowest BCUT2D eigenvalue weighted by atomic mass is 9.97. The van der Waals surface area contributed by atoms with Crippen molar-refractivity contribution in [3.8, 4) is 0 Å². The number of aliphatic imine (C=N–C) groups is 1. The van der Waals surface area contributed by atoms with Crippen LogP contribution in [0.2, 0.25) is 0 Å². The fourth-order valence-corrected chi connectivity index (χ4v) is 3.74. The van der Waals surface area contributed by atoms with Crippen LogP contribution in [-0.2, 0) is 11.2 Å². The number of para-hydroxylation sites is 2. The molecule has 0 radical (unpaired) electrons. The summed E-state index contributed by atoms with van der Waals surface area (Å²) in [5.74, 6) is 0.869. The summed E-state index contributed by atoms with van der Waals surface area (Å²) in [6.07, 6.45) is 1.78. The Balaban J connectivity index is 0.00000196. The Morgan fingerprint density at radius 1 is 1.23 bits per heavy atom. The van der Waals surface area contributed by atoms with Crippen molar-refractivity contribution in [3.63, 3.8) is 0 Å². The lowest BCUT2D eigenvalue weighted by Gasteiger charge is -2.22. The van der Waals surface area contributed by atoms with E-state index in [1.807, 2.05) is 24.3 Å². The first kappa shape index (κ1) is 18.7. The van der Waals surface area contributed by atoms with Gasteiger partial charge in [-0.2, -0.15) is 0 Å². The van der Waals surface area contributed by atoms with E-state index in [1.54, 1.807) is 7.05 Å². The molecule has 2 aliphatic rings. The number of carbonyl (C=O) groups is 1. The number of fused-ring (bicyclic) bond motifs is 2. The number of halogens is 1. The maximum absolute atomic E-state index is 12.2. The Bertz CT molecular complexity index is 836. The molecule has 0 saturated carbocycles. The van der Waals surface area contributed by atoms with Crippen molar-refractivity contribution in [2.24, 2.45) is 4.99 Å². The Kier molecular flexibility index (Phi) is 5.80. The zero-order valence-electron chi connectivity index (χ0n) is 14.7. The van der Waals surface area contributed by atoms with E-state index in [0.29, 0.717) is 6.54 Å². The highest BCUT2D eigenvalue weighted by Gasteiger charge is 2.30. The number of carbonyl (C=O) groups excluding carboxylic acids is 1. The summed E-state index contributed by atoms with van der Waals surface area (Å²) < 4.78 is 0. The highest BCUT2D eigenvalue weighted by atomic mass is 127. The van der Waals surface area contributed by atoms with E-state index < -0.39 is 0 Å². The van der Waals surface area contributed by atoms with E-state index in [0.717, 1.165) is 36.6 Å². The number of hydrogen-bond donors (Lipinski definition) is 2. The average molecular weight is 462 g/mol. The van der Waals surface area contributed by atoms with E-state index in [2.05, 4.69) is 44.8 Å². The number of nitrogens with one attached hydrogen (secondary N) is 2. The first-order valence-electron chi connectivity index (χ1n) is 8.74. The third-order valence-corrected chi connectivity index (χ3v) is 4.98. The van der Waals surface area contributed by atoms with Crippen molar-refractivity contribution in [2.75, 3.05) is 30.4 Å². The molecule has 0 aromatic heterocycles. The van der Waals surface area contributed by atoms with Gasteiger partial charge in [0.25, 0.3) is 0 Å². The molecular weight excluding hydrogens is 439 g/mol. The molecule has 6 heteroatoms. The third kappa shape index (κ3) is 3.42. The summed E-state index contributed by atoms with van der Waals surface area (Å²) in [7, 11) is 1.81. The van der Waals surface area contributed by atoms with Crippen molar-refractivity contribution in [1.82, 2.24) is 5.32 Å². The molecule has 26 heavy (non-hydrogen) atoms. The summed E-state index contributed by atoms with van der Waals surface area (Å²) >= 11 is 0. The van der Waals surface area contributed by atoms with Gasteiger partial charge in [0.1, 0.15) is 0 Å². The monoisotopic (exact) mass is 462 g/mol. The Morgan fingerprint density at radius 3 is 2.85 bits per heavy atom. The zero-order valence-corrected chi connectivity index (χ0v) is 17.1. The Labute approximate surface area is 170 Å². The Hall–Kier alpha value is -2.09. The van der Waals surface area contributed by atoms with E-state index in [4.69, 9.17) is 0 Å². The van der Waals surface area contributed by atoms with Gasteiger partial charge >= 0.3 is 0 Å². The smallest absolute Gasteiger partial charge is 0.232 e. The highest BCUT2D eigenvalue weighted by Crippen LogP contribution is 2.34. The standard InChI is InChI=1S/C20H22N4O.HI/c1-21-20(24-13-11-14-6-2-5-9-18(14)24)22-12-10-16-15-7-3-4-8-17(15)23-19(16)25;/h2-9,16H,10-13H2,1H3,(H,21,22)(H,23,25);1H. The van der Waals surface area contributed by atoms with Crippen LogP contribution in [0.15, 0.2) is 53.5 Å². The number of rotatable bonds is 3. The molecule has 4 rings (SSSR count). The van der Waals surface area contributed by atoms with Crippen molar-refractivity contribution in [1.29, 1.82) is 0 Å². The van der Waals surface area contributed by atoms with Crippen molar-refractivity contribution >= 4 is 47.2 Å². The van der Waals surface area contributed by atoms with Crippen LogP contribution < -0.4 is 15.5 Å². The summed E-state index contributed by atoms with van der Waals surface area (Å²) in [4.78, 5) is 18.9. The molecule has 1 unspecified atom stereocenters. The zero-order chi connectivity index (χ0) is 17.2. The van der Waals surface area contributed by atoms with Gasteiger partial charge in [0.15, 0.2) is 5.96 Å². The lowest BCUT2D eigenvalue weighted by Crippen LogP contribution is -2.41. The summed E-state index contributed by atoms with van der Waals surface area (Å²) in [5.41, 5.74) is 4.61. The fraction of sp³-hybridized carbons (Fsp3) is 0.300. The third-order valence-electron chi connectivity index (χ3n) is 4.98. The molecule has 2 aromatic carbocycles. The molecule has 2 N–H and O–H groups in total. The molecule has 1 atom stereocenters. The maximum atomic E-state index is 12.2. The predicted octanol–water partition coefficient (Wildman–Crippen LogP) is 3.37. The normalized spacial score (nSPS) is 18.0. The second-order valence-electron chi connectivity index (χ2n) is 6.42. The molecule has 5 nitrogen and oxygen atoms in total. The van der Waals surface area contributed by atoms with Crippen molar-refractivity contribution < 1.29 is 4.79 Å². The minimum absolute atomic E-state index is 0. The first-order valence-corrected chi connectivity index (χ1v) is 8.74. The minimum atomic E-state index is -0.0901. The highest BCUT2D eigenvalue weighted by molar-refractivity contribution is 14.0. The van der Waals surface area contributed by atoms with Gasteiger partial charge in [0.2, 0.25) is 5.91 Å². The number of amides is 1. The maximum Gasteiger partial charge on any atom is 0.232 e. The van der Waals surface area contributed by atoms with Crippen molar-refractivity contribution in [2.45, 2.75) is 18.8 Å². The summed E-state index contributed by atoms with van der Waals surface area (Å²) in [6, 6.07) is 16.4. The van der Waals surface area contributed by atoms with E-state index in [9.17, 15) is 4.79 Å². The molecule has 2 aliphatic heterocycles. The van der Waals surface area contributed by atoms with Crippen LogP contribution in [0.1, 0.15) is 23.5 Å². The minimum Gasteiger partial charge on any atom is -0.356 e. The average Bonchev–Trinajstić information content (AvgIpc) is 3.20. The van der Waals surface area contributed by atoms with E-state index in [-0.39, 0.29) is 35.8 Å². The van der Waals surface area contributed by atoms with Gasteiger partial charge in [-0.05, 0) is 36.1 Å². The van der Waals surface area contributed by atoms with Gasteiger partial charge in [-0.1, -0.05) is 36.4 Å². The molecule has 1 amide bonds. The molecule has 2 heterocycles. The number of benzene rings is 2. The van der Waals surface area contributed by atoms with E-state index in [1.165, 1.54) is 11.3 Å². The first-order chi connectivity index (χ1) is 12.3. The van der Waals surface area contributed by atoms with Crippen LogP contribution in [-0.4, -0.2) is 32.0 Å². The van der Waals surface area contributed by atoms with Crippen LogP contribution in [0.5, 0.6) is 0 Å². The molecule has 136 valence electrons. The van der Waals surface area contributed by atoms with Crippen LogP contribution in [0.3, 0.4) is 0 Å². The van der Waals surface area contributed by atoms with Gasteiger partial charge in [-0.3, -0.25) is 9.79 Å². The second-order valence-corrected chi connectivity index (χ2v) is 6.42. The lowest BCUT2D eigenvalue weighted by molar-refractivity contribution is -0.117.